The summed E-state index contributed by atoms with van der Waals surface area (Å²) in [5.74, 6) is 0. The number of nitrogens with zero attached hydrogens (tertiary/aromatic N) is 4. The van der Waals surface area contributed by atoms with E-state index >= 15 is 0 Å². The largest absolute Gasteiger partial charge is 0.310 e. The minimum absolute atomic E-state index is 0.512. The summed E-state index contributed by atoms with van der Waals surface area (Å²) in [5.41, 5.74) is 2.01. The van der Waals surface area contributed by atoms with E-state index < -0.39 is 0 Å². The van der Waals surface area contributed by atoms with E-state index in [1.807, 2.05) is 16.8 Å². The molecule has 5 nitrogen and oxygen atoms in total. The third-order valence-corrected chi connectivity index (χ3v) is 3.48. The third kappa shape index (κ3) is 3.07. The lowest BCUT2D eigenvalue weighted by atomic mass is 10.3. The molecule has 0 aromatic carbocycles. The van der Waals surface area contributed by atoms with Gasteiger partial charge in [0.05, 0.1) is 18.1 Å². The van der Waals surface area contributed by atoms with Gasteiger partial charge in [-0.1, -0.05) is 0 Å². The summed E-state index contributed by atoms with van der Waals surface area (Å²) in [5, 5.41) is 3.44. The van der Waals surface area contributed by atoms with E-state index in [1.165, 1.54) is 0 Å². The molecule has 0 saturated heterocycles. The Morgan fingerprint density at radius 2 is 2.17 bits per heavy atom. The fraction of sp³-hybridized carbons (Fsp3) is 0.500. The minimum atomic E-state index is 0.512. The number of halogens is 1. The molecule has 6 heteroatoms. The summed E-state index contributed by atoms with van der Waals surface area (Å²) in [7, 11) is 4.17. The molecule has 98 valence electrons. The van der Waals surface area contributed by atoms with E-state index in [4.69, 9.17) is 0 Å². The maximum atomic E-state index is 4.32. The first-order chi connectivity index (χ1) is 8.58. The predicted octanol–water partition coefficient (Wildman–Crippen LogP) is 1.53. The number of hydrogen-bond donors (Lipinski definition) is 1. The molecular formula is C12H18BrN5. The Bertz CT molecular complexity index is 522. The lowest BCUT2D eigenvalue weighted by molar-refractivity contribution is 0.302. The minimum Gasteiger partial charge on any atom is -0.310 e. The molecule has 1 unspecified atom stereocenters. The van der Waals surface area contributed by atoms with Crippen LogP contribution in [0.3, 0.4) is 0 Å². The molecule has 0 fully saturated rings. The zero-order valence-electron chi connectivity index (χ0n) is 10.9. The van der Waals surface area contributed by atoms with Crippen LogP contribution in [0.15, 0.2) is 23.2 Å². The molecule has 0 saturated carbocycles. The van der Waals surface area contributed by atoms with Crippen molar-refractivity contribution in [3.05, 3.63) is 28.9 Å². The molecule has 0 aliphatic heterocycles. The van der Waals surface area contributed by atoms with Crippen molar-refractivity contribution >= 4 is 21.6 Å². The van der Waals surface area contributed by atoms with Crippen molar-refractivity contribution in [2.75, 3.05) is 20.6 Å². The van der Waals surface area contributed by atoms with E-state index in [2.05, 4.69) is 57.1 Å². The van der Waals surface area contributed by atoms with E-state index in [1.54, 1.807) is 6.20 Å². The average molecular weight is 312 g/mol. The van der Waals surface area contributed by atoms with Crippen molar-refractivity contribution in [1.29, 1.82) is 0 Å². The van der Waals surface area contributed by atoms with Gasteiger partial charge in [0.25, 0.3) is 0 Å². The Hall–Kier alpha value is -0.980. The maximum absolute atomic E-state index is 4.32. The van der Waals surface area contributed by atoms with Gasteiger partial charge in [-0.15, -0.1) is 0 Å². The molecule has 0 bridgehead atoms. The van der Waals surface area contributed by atoms with Crippen LogP contribution in [0.2, 0.25) is 0 Å². The van der Waals surface area contributed by atoms with Gasteiger partial charge in [-0.05, 0) is 36.9 Å². The molecule has 1 N–H and O–H groups in total. The van der Waals surface area contributed by atoms with Gasteiger partial charge in [0, 0.05) is 25.3 Å². The highest BCUT2D eigenvalue weighted by Gasteiger charge is 2.06. The fourth-order valence-corrected chi connectivity index (χ4v) is 1.95. The van der Waals surface area contributed by atoms with E-state index in [0.717, 1.165) is 29.0 Å². The monoisotopic (exact) mass is 311 g/mol. The Morgan fingerprint density at radius 1 is 1.39 bits per heavy atom. The Balaban J connectivity index is 2.01. The number of fused-ring (bicyclic) bond motifs is 1. The predicted molar refractivity (Wildman–Crippen MR) is 75.5 cm³/mol. The quantitative estimate of drug-likeness (QED) is 0.909. The summed E-state index contributed by atoms with van der Waals surface area (Å²) in [6.07, 6.45) is 5.58. The van der Waals surface area contributed by atoms with Gasteiger partial charge < -0.3 is 10.2 Å². The van der Waals surface area contributed by atoms with Crippen LogP contribution >= 0.6 is 15.9 Å². The normalized spacial score (nSPS) is 13.4. The molecule has 0 spiro atoms. The van der Waals surface area contributed by atoms with Crippen LogP contribution in [0.4, 0.5) is 0 Å². The standard InChI is InChI=1S/C12H18BrN5/c1-9(17(2)3)4-14-5-10-6-16-12-7-15-11(13)8-18(10)12/h6-9,14H,4-5H2,1-3H3. The lowest BCUT2D eigenvalue weighted by Gasteiger charge is -2.19. The van der Waals surface area contributed by atoms with Gasteiger partial charge >= 0.3 is 0 Å². The van der Waals surface area contributed by atoms with E-state index in [-0.39, 0.29) is 0 Å². The van der Waals surface area contributed by atoms with Crippen LogP contribution in [0.1, 0.15) is 12.6 Å². The maximum Gasteiger partial charge on any atom is 0.155 e. The van der Waals surface area contributed by atoms with Crippen molar-refractivity contribution in [2.45, 2.75) is 19.5 Å². The van der Waals surface area contributed by atoms with Crippen molar-refractivity contribution in [3.8, 4) is 0 Å². The van der Waals surface area contributed by atoms with Crippen LogP contribution in [0.5, 0.6) is 0 Å². The summed E-state index contributed by atoms with van der Waals surface area (Å²) in [6.45, 7) is 3.95. The number of hydrogen-bond acceptors (Lipinski definition) is 4. The van der Waals surface area contributed by atoms with Gasteiger partial charge in [-0.2, -0.15) is 0 Å². The summed E-state index contributed by atoms with van der Waals surface area (Å²) in [4.78, 5) is 10.7. The number of nitrogens with one attached hydrogen (secondary N) is 1. The zero-order valence-corrected chi connectivity index (χ0v) is 12.5. The highest BCUT2D eigenvalue weighted by molar-refractivity contribution is 9.10. The molecule has 2 aromatic heterocycles. The number of imidazole rings is 1. The van der Waals surface area contributed by atoms with Crippen LogP contribution in [0.25, 0.3) is 5.65 Å². The first-order valence-electron chi connectivity index (χ1n) is 5.92. The van der Waals surface area contributed by atoms with Gasteiger partial charge in [-0.3, -0.25) is 4.40 Å². The lowest BCUT2D eigenvalue weighted by Crippen LogP contribution is -2.35. The second-order valence-electron chi connectivity index (χ2n) is 4.63. The van der Waals surface area contributed by atoms with Crippen molar-refractivity contribution < 1.29 is 0 Å². The number of aromatic nitrogens is 3. The molecule has 0 aliphatic carbocycles. The molecule has 0 radical (unpaired) electrons. The Labute approximate surface area is 115 Å². The van der Waals surface area contributed by atoms with Crippen LogP contribution < -0.4 is 5.32 Å². The molecule has 0 amide bonds. The Morgan fingerprint density at radius 3 is 2.89 bits per heavy atom. The fourth-order valence-electron chi connectivity index (χ4n) is 1.64. The summed E-state index contributed by atoms with van der Waals surface area (Å²) in [6, 6.07) is 0.512. The summed E-state index contributed by atoms with van der Waals surface area (Å²) < 4.78 is 2.86. The van der Waals surface area contributed by atoms with Crippen molar-refractivity contribution in [3.63, 3.8) is 0 Å². The number of rotatable bonds is 5. The van der Waals surface area contributed by atoms with Crippen LogP contribution in [0, 0.1) is 0 Å². The SMILES string of the molecule is CC(CNCc1cnc2cnc(Br)cn12)N(C)C. The second kappa shape index (κ2) is 5.77. The van der Waals surface area contributed by atoms with Gasteiger partial charge in [0.1, 0.15) is 4.60 Å². The smallest absolute Gasteiger partial charge is 0.155 e. The Kier molecular flexibility index (Phi) is 4.31. The highest BCUT2D eigenvalue weighted by atomic mass is 79.9. The summed E-state index contributed by atoms with van der Waals surface area (Å²) >= 11 is 3.37. The van der Waals surface area contributed by atoms with Crippen LogP contribution in [-0.2, 0) is 6.54 Å². The molecule has 2 aromatic rings. The first-order valence-corrected chi connectivity index (χ1v) is 6.72. The molecular weight excluding hydrogens is 294 g/mol. The highest BCUT2D eigenvalue weighted by Crippen LogP contribution is 2.10. The average Bonchev–Trinajstić information content (AvgIpc) is 2.71. The van der Waals surface area contributed by atoms with Crippen LogP contribution in [-0.4, -0.2) is 46.0 Å². The zero-order chi connectivity index (χ0) is 13.1. The number of likely N-dealkylation sites (N-methyl/N-ethyl adjacent to an activating group) is 1. The molecule has 18 heavy (non-hydrogen) atoms. The molecule has 2 heterocycles. The van der Waals surface area contributed by atoms with E-state index in [9.17, 15) is 0 Å². The van der Waals surface area contributed by atoms with Gasteiger partial charge in [0.2, 0.25) is 0 Å². The molecule has 1 atom stereocenters. The van der Waals surface area contributed by atoms with E-state index in [0.29, 0.717) is 6.04 Å². The van der Waals surface area contributed by atoms with Crippen molar-refractivity contribution in [1.82, 2.24) is 24.6 Å². The van der Waals surface area contributed by atoms with Gasteiger partial charge in [0.15, 0.2) is 5.65 Å². The van der Waals surface area contributed by atoms with Crippen molar-refractivity contribution in [2.24, 2.45) is 0 Å². The first kappa shape index (κ1) is 13.5. The van der Waals surface area contributed by atoms with Gasteiger partial charge in [-0.25, -0.2) is 9.97 Å². The second-order valence-corrected chi connectivity index (χ2v) is 5.44. The molecule has 2 rings (SSSR count). The molecule has 0 aliphatic rings. The topological polar surface area (TPSA) is 45.5 Å². The third-order valence-electron chi connectivity index (χ3n) is 3.07.